The maximum absolute atomic E-state index is 6.70. The van der Waals surface area contributed by atoms with Crippen molar-refractivity contribution in [1.82, 2.24) is 0 Å². The first-order valence-electron chi connectivity index (χ1n) is 15.4. The first-order valence-corrected chi connectivity index (χ1v) is 15.4. The van der Waals surface area contributed by atoms with Gasteiger partial charge in [-0.2, -0.15) is 0 Å². The Bertz CT molecular complexity index is 1020. The van der Waals surface area contributed by atoms with Gasteiger partial charge < -0.3 is 4.74 Å². The summed E-state index contributed by atoms with van der Waals surface area (Å²) < 4.78 is 6.70. The molecule has 0 aliphatic heterocycles. The SMILES string of the molecule is CCC(C)(COCC(C)(CC)c1ccc(C(C)(C)C)c(C(C)(C)C)c1)c1ccc(C(C)(C)C)c(C(C)(C)C)c1. The summed E-state index contributed by atoms with van der Waals surface area (Å²) in [5.41, 5.74) is 8.98. The van der Waals surface area contributed by atoms with Crippen molar-refractivity contribution in [2.75, 3.05) is 13.2 Å². The van der Waals surface area contributed by atoms with E-state index in [4.69, 9.17) is 4.74 Å². The Morgan fingerprint density at radius 1 is 0.436 bits per heavy atom. The van der Waals surface area contributed by atoms with E-state index >= 15 is 0 Å². The molecule has 0 spiro atoms. The Morgan fingerprint density at radius 2 is 0.718 bits per heavy atom. The van der Waals surface area contributed by atoms with Crippen LogP contribution in [0.4, 0.5) is 0 Å². The molecule has 0 aromatic heterocycles. The van der Waals surface area contributed by atoms with E-state index in [0.717, 1.165) is 26.1 Å². The normalized spacial score (nSPS) is 16.6. The fraction of sp³-hybridized carbons (Fsp3) is 0.684. The van der Waals surface area contributed by atoms with E-state index < -0.39 is 0 Å². The molecular weight excluding hydrogens is 472 g/mol. The topological polar surface area (TPSA) is 9.23 Å². The summed E-state index contributed by atoms with van der Waals surface area (Å²) in [6.45, 7) is 38.8. The van der Waals surface area contributed by atoms with Crippen LogP contribution in [0.1, 0.15) is 157 Å². The standard InChI is InChI=1S/C38H62O/c1-17-37(15,27-19-21-29(33(3,4)5)31(23-27)35(9,10)11)25-39-26-38(16,18-2)28-20-22-30(34(6,7)8)32(24-28)36(12,13)14/h19-24H,17-18,25-26H2,1-16H3. The second kappa shape index (κ2) is 11.3. The molecule has 0 aliphatic carbocycles. The van der Waals surface area contributed by atoms with Crippen molar-refractivity contribution < 1.29 is 4.74 Å². The van der Waals surface area contributed by atoms with Gasteiger partial charge in [0.1, 0.15) is 0 Å². The molecule has 2 rings (SSSR count). The second-order valence-electron chi connectivity index (χ2n) is 16.8. The minimum atomic E-state index is -0.0300. The summed E-state index contributed by atoms with van der Waals surface area (Å²) in [5, 5.41) is 0. The minimum absolute atomic E-state index is 0.0300. The van der Waals surface area contributed by atoms with Crippen LogP contribution in [-0.2, 0) is 37.2 Å². The molecule has 0 saturated heterocycles. The minimum Gasteiger partial charge on any atom is -0.380 e. The van der Waals surface area contributed by atoms with Gasteiger partial charge in [0, 0.05) is 10.8 Å². The molecule has 39 heavy (non-hydrogen) atoms. The fourth-order valence-corrected chi connectivity index (χ4v) is 5.67. The average Bonchev–Trinajstić information content (AvgIpc) is 2.80. The van der Waals surface area contributed by atoms with E-state index in [0.29, 0.717) is 0 Å². The van der Waals surface area contributed by atoms with Gasteiger partial charge in [-0.05, 0) is 67.9 Å². The van der Waals surface area contributed by atoms with Crippen LogP contribution < -0.4 is 0 Å². The summed E-state index contributed by atoms with van der Waals surface area (Å²) in [5.74, 6) is 0. The molecule has 2 unspecified atom stereocenters. The molecule has 0 amide bonds. The molecule has 0 heterocycles. The van der Waals surface area contributed by atoms with Crippen LogP contribution in [0.2, 0.25) is 0 Å². The van der Waals surface area contributed by atoms with Crippen LogP contribution in [0, 0.1) is 0 Å². The molecule has 0 radical (unpaired) electrons. The third-order valence-corrected chi connectivity index (χ3v) is 9.07. The molecule has 0 bridgehead atoms. The molecule has 220 valence electrons. The summed E-state index contributed by atoms with van der Waals surface area (Å²) in [4.78, 5) is 0. The van der Waals surface area contributed by atoms with E-state index in [1.807, 2.05) is 0 Å². The van der Waals surface area contributed by atoms with Crippen LogP contribution in [0.5, 0.6) is 0 Å². The molecule has 0 N–H and O–H groups in total. The van der Waals surface area contributed by atoms with E-state index in [1.165, 1.54) is 33.4 Å². The maximum Gasteiger partial charge on any atom is 0.0560 e. The van der Waals surface area contributed by atoms with Gasteiger partial charge in [-0.1, -0.05) is 147 Å². The quantitative estimate of drug-likeness (QED) is 0.327. The van der Waals surface area contributed by atoms with Crippen molar-refractivity contribution in [3.63, 3.8) is 0 Å². The zero-order chi connectivity index (χ0) is 30.2. The van der Waals surface area contributed by atoms with Crippen molar-refractivity contribution in [2.45, 2.75) is 156 Å². The molecule has 0 aliphatic rings. The van der Waals surface area contributed by atoms with Gasteiger partial charge in [-0.15, -0.1) is 0 Å². The van der Waals surface area contributed by atoms with E-state index in [9.17, 15) is 0 Å². The van der Waals surface area contributed by atoms with Crippen molar-refractivity contribution >= 4 is 0 Å². The Morgan fingerprint density at radius 3 is 0.949 bits per heavy atom. The van der Waals surface area contributed by atoms with E-state index in [1.54, 1.807) is 0 Å². The van der Waals surface area contributed by atoms with Crippen molar-refractivity contribution in [3.05, 3.63) is 69.8 Å². The molecule has 2 aromatic carbocycles. The third-order valence-electron chi connectivity index (χ3n) is 9.07. The Kier molecular flexibility index (Phi) is 9.78. The van der Waals surface area contributed by atoms with Gasteiger partial charge in [-0.25, -0.2) is 0 Å². The van der Waals surface area contributed by atoms with Gasteiger partial charge in [0.05, 0.1) is 13.2 Å². The fourth-order valence-electron chi connectivity index (χ4n) is 5.67. The van der Waals surface area contributed by atoms with Gasteiger partial charge in [0.15, 0.2) is 0 Å². The van der Waals surface area contributed by atoms with E-state index in [2.05, 4.69) is 147 Å². The van der Waals surface area contributed by atoms with Crippen LogP contribution in [0.15, 0.2) is 36.4 Å². The summed E-state index contributed by atoms with van der Waals surface area (Å²) in [6.07, 6.45) is 2.09. The lowest BCUT2D eigenvalue weighted by Crippen LogP contribution is -2.34. The lowest BCUT2D eigenvalue weighted by atomic mass is 9.71. The zero-order valence-electron chi connectivity index (χ0n) is 28.7. The smallest absolute Gasteiger partial charge is 0.0560 e. The Labute approximate surface area is 243 Å². The van der Waals surface area contributed by atoms with Crippen LogP contribution >= 0.6 is 0 Å². The lowest BCUT2D eigenvalue weighted by molar-refractivity contribution is 0.0509. The summed E-state index contributed by atoms with van der Waals surface area (Å²) >= 11 is 0. The van der Waals surface area contributed by atoms with Crippen LogP contribution in [-0.4, -0.2) is 13.2 Å². The van der Waals surface area contributed by atoms with Gasteiger partial charge in [0.2, 0.25) is 0 Å². The first kappa shape index (κ1) is 33.6. The average molecular weight is 535 g/mol. The number of benzene rings is 2. The number of hydrogen-bond acceptors (Lipinski definition) is 1. The van der Waals surface area contributed by atoms with Gasteiger partial charge in [0.25, 0.3) is 0 Å². The highest BCUT2D eigenvalue weighted by Gasteiger charge is 2.33. The highest BCUT2D eigenvalue weighted by molar-refractivity contribution is 5.44. The summed E-state index contributed by atoms with van der Waals surface area (Å²) in [7, 11) is 0. The molecule has 1 heteroatoms. The Hall–Kier alpha value is -1.60. The number of rotatable bonds is 8. The largest absolute Gasteiger partial charge is 0.380 e. The lowest BCUT2D eigenvalue weighted by Gasteiger charge is -2.37. The number of ether oxygens (including phenoxy) is 1. The number of hydrogen-bond donors (Lipinski definition) is 0. The maximum atomic E-state index is 6.70. The Balaban J connectivity index is 2.40. The van der Waals surface area contributed by atoms with Crippen LogP contribution in [0.3, 0.4) is 0 Å². The zero-order valence-corrected chi connectivity index (χ0v) is 28.7. The highest BCUT2D eigenvalue weighted by Crippen LogP contribution is 2.40. The predicted molar refractivity (Wildman–Crippen MR) is 174 cm³/mol. The van der Waals surface area contributed by atoms with E-state index in [-0.39, 0.29) is 32.5 Å². The van der Waals surface area contributed by atoms with Gasteiger partial charge in [-0.3, -0.25) is 0 Å². The van der Waals surface area contributed by atoms with Gasteiger partial charge >= 0.3 is 0 Å². The molecule has 0 fully saturated rings. The monoisotopic (exact) mass is 534 g/mol. The van der Waals surface area contributed by atoms with Crippen molar-refractivity contribution in [1.29, 1.82) is 0 Å². The molecule has 0 saturated carbocycles. The first-order chi connectivity index (χ1) is 17.5. The molecule has 2 aromatic rings. The highest BCUT2D eigenvalue weighted by atomic mass is 16.5. The summed E-state index contributed by atoms with van der Waals surface area (Å²) in [6, 6.07) is 14.4. The molecule has 2 atom stereocenters. The predicted octanol–water partition coefficient (Wildman–Crippen LogP) is 10.9. The second-order valence-corrected chi connectivity index (χ2v) is 16.8. The van der Waals surface area contributed by atoms with Crippen LogP contribution in [0.25, 0.3) is 0 Å². The van der Waals surface area contributed by atoms with Crippen molar-refractivity contribution in [3.8, 4) is 0 Å². The third kappa shape index (κ3) is 7.78. The van der Waals surface area contributed by atoms with Crippen molar-refractivity contribution in [2.24, 2.45) is 0 Å². The molecule has 1 nitrogen and oxygen atoms in total. The molecular formula is C38H62O.